The van der Waals surface area contributed by atoms with Gasteiger partial charge in [-0.3, -0.25) is 0 Å². The first-order valence-corrected chi connectivity index (χ1v) is 9.80. The maximum Gasteiger partial charge on any atom is 0.191 e. The lowest BCUT2D eigenvalue weighted by Crippen LogP contribution is -2.44. The van der Waals surface area contributed by atoms with Crippen LogP contribution in [0.15, 0.2) is 46.8 Å². The van der Waals surface area contributed by atoms with Crippen LogP contribution in [0.1, 0.15) is 29.9 Å². The Bertz CT molecular complexity index is 678. The maximum absolute atomic E-state index is 10.6. The van der Waals surface area contributed by atoms with E-state index in [1.54, 1.807) is 11.3 Å². The summed E-state index contributed by atoms with van der Waals surface area (Å²) in [6.45, 7) is 6.56. The van der Waals surface area contributed by atoms with Crippen LogP contribution in [-0.2, 0) is 18.7 Å². The van der Waals surface area contributed by atoms with E-state index >= 15 is 0 Å². The summed E-state index contributed by atoms with van der Waals surface area (Å²) in [7, 11) is 4.13. The SMILES string of the molecule is CCNC(=NCc1ccc(CN(C)C)cc1)NCC(C)(O)c1cccs1. The molecular weight excluding hydrogens is 344 g/mol. The van der Waals surface area contributed by atoms with Crippen molar-refractivity contribution < 1.29 is 5.11 Å². The Morgan fingerprint density at radius 2 is 1.85 bits per heavy atom. The number of aliphatic imine (C=N–C) groups is 1. The zero-order valence-electron chi connectivity index (χ0n) is 16.1. The van der Waals surface area contributed by atoms with Crippen LogP contribution < -0.4 is 10.6 Å². The zero-order chi connectivity index (χ0) is 19.0. The van der Waals surface area contributed by atoms with E-state index in [1.807, 2.05) is 31.4 Å². The number of hydrogen-bond donors (Lipinski definition) is 3. The number of thiophene rings is 1. The van der Waals surface area contributed by atoms with E-state index in [1.165, 1.54) is 5.56 Å². The van der Waals surface area contributed by atoms with E-state index in [-0.39, 0.29) is 0 Å². The molecule has 1 aromatic heterocycles. The quantitative estimate of drug-likeness (QED) is 0.491. The fourth-order valence-corrected chi connectivity index (χ4v) is 3.34. The molecule has 0 saturated carbocycles. The average molecular weight is 375 g/mol. The molecule has 0 amide bonds. The van der Waals surface area contributed by atoms with E-state index in [0.717, 1.165) is 23.5 Å². The molecule has 5 nitrogen and oxygen atoms in total. The third-order valence-corrected chi connectivity index (χ3v) is 5.06. The molecule has 0 fully saturated rings. The second-order valence-corrected chi connectivity index (χ2v) is 7.80. The molecule has 6 heteroatoms. The van der Waals surface area contributed by atoms with Gasteiger partial charge in [0.05, 0.1) is 13.1 Å². The van der Waals surface area contributed by atoms with Crippen LogP contribution in [0.4, 0.5) is 0 Å². The summed E-state index contributed by atoms with van der Waals surface area (Å²) in [5, 5.41) is 19.1. The summed E-state index contributed by atoms with van der Waals surface area (Å²) in [6.07, 6.45) is 0. The number of nitrogens with zero attached hydrogens (tertiary/aromatic N) is 2. The van der Waals surface area contributed by atoms with Gasteiger partial charge in [-0.25, -0.2) is 4.99 Å². The number of hydrogen-bond acceptors (Lipinski definition) is 4. The monoisotopic (exact) mass is 374 g/mol. The summed E-state index contributed by atoms with van der Waals surface area (Å²) >= 11 is 1.56. The average Bonchev–Trinajstić information content (AvgIpc) is 3.14. The lowest BCUT2D eigenvalue weighted by Gasteiger charge is -2.23. The molecule has 0 radical (unpaired) electrons. The third kappa shape index (κ3) is 6.44. The fraction of sp³-hybridized carbons (Fsp3) is 0.450. The van der Waals surface area contributed by atoms with Gasteiger partial charge in [0, 0.05) is 18.0 Å². The molecule has 1 heterocycles. The zero-order valence-corrected chi connectivity index (χ0v) is 16.9. The number of aliphatic hydroxyl groups is 1. The predicted molar refractivity (Wildman–Crippen MR) is 111 cm³/mol. The van der Waals surface area contributed by atoms with Crippen molar-refractivity contribution in [3.63, 3.8) is 0 Å². The molecule has 142 valence electrons. The Kier molecular flexibility index (Phi) is 7.63. The summed E-state index contributed by atoms with van der Waals surface area (Å²) in [5.74, 6) is 0.710. The predicted octanol–water partition coefficient (Wildman–Crippen LogP) is 2.77. The van der Waals surface area contributed by atoms with Gasteiger partial charge in [-0.15, -0.1) is 11.3 Å². The highest BCUT2D eigenvalue weighted by molar-refractivity contribution is 7.10. The topological polar surface area (TPSA) is 59.9 Å². The first kappa shape index (κ1) is 20.4. The van der Waals surface area contributed by atoms with Crippen LogP contribution in [0.2, 0.25) is 0 Å². The van der Waals surface area contributed by atoms with Crippen molar-refractivity contribution in [2.45, 2.75) is 32.5 Å². The number of nitrogens with one attached hydrogen (secondary N) is 2. The van der Waals surface area contributed by atoms with Crippen LogP contribution >= 0.6 is 11.3 Å². The first-order chi connectivity index (χ1) is 12.4. The molecule has 0 aliphatic rings. The van der Waals surface area contributed by atoms with Gasteiger partial charge in [-0.05, 0) is 50.5 Å². The standard InChI is InChI=1S/C20H30N4OS/c1-5-21-19(23-15-20(2,25)18-7-6-12-26-18)22-13-16-8-10-17(11-9-16)14-24(3)4/h6-12,25H,5,13-15H2,1-4H3,(H2,21,22,23). The van der Waals surface area contributed by atoms with Crippen LogP contribution in [0.5, 0.6) is 0 Å². The molecule has 1 unspecified atom stereocenters. The van der Waals surface area contributed by atoms with Gasteiger partial charge in [0.25, 0.3) is 0 Å². The smallest absolute Gasteiger partial charge is 0.191 e. The van der Waals surface area contributed by atoms with Crippen LogP contribution in [0.25, 0.3) is 0 Å². The Morgan fingerprint density at radius 1 is 1.15 bits per heavy atom. The molecule has 3 N–H and O–H groups in total. The van der Waals surface area contributed by atoms with Crippen molar-refractivity contribution in [1.82, 2.24) is 15.5 Å². The van der Waals surface area contributed by atoms with Crippen LogP contribution in [0.3, 0.4) is 0 Å². The van der Waals surface area contributed by atoms with Crippen LogP contribution in [0, 0.1) is 0 Å². The largest absolute Gasteiger partial charge is 0.383 e. The van der Waals surface area contributed by atoms with Crippen molar-refractivity contribution >= 4 is 17.3 Å². The normalized spacial score (nSPS) is 14.3. The minimum absolute atomic E-state index is 0.404. The van der Waals surface area contributed by atoms with Crippen molar-refractivity contribution in [2.75, 3.05) is 27.2 Å². The van der Waals surface area contributed by atoms with E-state index in [9.17, 15) is 5.11 Å². The summed E-state index contributed by atoms with van der Waals surface area (Å²) < 4.78 is 0. The van der Waals surface area contributed by atoms with E-state index in [0.29, 0.717) is 19.0 Å². The van der Waals surface area contributed by atoms with E-state index in [4.69, 9.17) is 0 Å². The van der Waals surface area contributed by atoms with E-state index < -0.39 is 5.60 Å². The molecule has 0 spiro atoms. The highest BCUT2D eigenvalue weighted by atomic mass is 32.1. The number of rotatable bonds is 8. The van der Waals surface area contributed by atoms with Gasteiger partial charge in [0.1, 0.15) is 5.60 Å². The fourth-order valence-electron chi connectivity index (χ4n) is 2.56. The van der Waals surface area contributed by atoms with Gasteiger partial charge >= 0.3 is 0 Å². The first-order valence-electron chi connectivity index (χ1n) is 8.92. The summed E-state index contributed by atoms with van der Waals surface area (Å²) in [4.78, 5) is 7.73. The molecule has 1 atom stereocenters. The minimum Gasteiger partial charge on any atom is -0.383 e. The summed E-state index contributed by atoms with van der Waals surface area (Å²) in [6, 6.07) is 12.4. The Balaban J connectivity index is 1.95. The molecule has 2 rings (SSSR count). The molecular formula is C20H30N4OS. The van der Waals surface area contributed by atoms with Gasteiger partial charge in [0.2, 0.25) is 0 Å². The Labute approximate surface area is 160 Å². The lowest BCUT2D eigenvalue weighted by atomic mass is 10.1. The van der Waals surface area contributed by atoms with Gasteiger partial charge < -0.3 is 20.6 Å². The van der Waals surface area contributed by atoms with Crippen molar-refractivity contribution in [1.29, 1.82) is 0 Å². The molecule has 26 heavy (non-hydrogen) atoms. The lowest BCUT2D eigenvalue weighted by molar-refractivity contribution is 0.0655. The third-order valence-electron chi connectivity index (χ3n) is 3.94. The van der Waals surface area contributed by atoms with Gasteiger partial charge in [-0.1, -0.05) is 30.3 Å². The van der Waals surface area contributed by atoms with Gasteiger partial charge in [0.15, 0.2) is 5.96 Å². The van der Waals surface area contributed by atoms with Crippen molar-refractivity contribution in [3.8, 4) is 0 Å². The van der Waals surface area contributed by atoms with E-state index in [2.05, 4.69) is 58.9 Å². The molecule has 1 aromatic carbocycles. The maximum atomic E-state index is 10.6. The second-order valence-electron chi connectivity index (χ2n) is 6.85. The molecule has 0 bridgehead atoms. The van der Waals surface area contributed by atoms with Crippen molar-refractivity contribution in [3.05, 3.63) is 57.8 Å². The summed E-state index contributed by atoms with van der Waals surface area (Å²) in [5.41, 5.74) is 1.53. The molecule has 0 aliphatic carbocycles. The Morgan fingerprint density at radius 3 is 2.42 bits per heavy atom. The number of benzene rings is 1. The number of guanidine groups is 1. The molecule has 0 saturated heterocycles. The Hall–Kier alpha value is -1.89. The second kappa shape index (κ2) is 9.71. The highest BCUT2D eigenvalue weighted by Crippen LogP contribution is 2.24. The van der Waals surface area contributed by atoms with Crippen LogP contribution in [-0.4, -0.2) is 43.2 Å². The minimum atomic E-state index is -0.918. The molecule has 2 aromatic rings. The highest BCUT2D eigenvalue weighted by Gasteiger charge is 2.24. The molecule has 0 aliphatic heterocycles. The van der Waals surface area contributed by atoms with Gasteiger partial charge in [-0.2, -0.15) is 0 Å². The van der Waals surface area contributed by atoms with Crippen molar-refractivity contribution in [2.24, 2.45) is 4.99 Å².